The van der Waals surface area contributed by atoms with Crippen LogP contribution in [0.4, 0.5) is 24.5 Å². The van der Waals surface area contributed by atoms with Gasteiger partial charge in [0.15, 0.2) is 0 Å². The number of anilines is 2. The second-order valence-electron chi connectivity index (χ2n) is 6.32. The Bertz CT molecular complexity index is 999. The lowest BCUT2D eigenvalue weighted by Crippen LogP contribution is -2.18. The number of hydrogen-bond donors (Lipinski definition) is 2. The summed E-state index contributed by atoms with van der Waals surface area (Å²) in [7, 11) is 0. The van der Waals surface area contributed by atoms with Gasteiger partial charge >= 0.3 is 6.18 Å². The van der Waals surface area contributed by atoms with E-state index < -0.39 is 17.7 Å². The molecule has 3 aromatic rings. The van der Waals surface area contributed by atoms with Crippen LogP contribution in [0.25, 0.3) is 11.5 Å². The van der Waals surface area contributed by atoms with Crippen molar-refractivity contribution < 1.29 is 22.4 Å². The van der Waals surface area contributed by atoms with E-state index in [1.807, 2.05) is 0 Å². The predicted molar refractivity (Wildman–Crippen MR) is 94.8 cm³/mol. The Morgan fingerprint density at radius 2 is 1.82 bits per heavy atom. The summed E-state index contributed by atoms with van der Waals surface area (Å²) in [4.78, 5) is 11.8. The predicted octanol–water partition coefficient (Wildman–Crippen LogP) is 4.10. The minimum absolute atomic E-state index is 0.147. The highest BCUT2D eigenvalue weighted by Crippen LogP contribution is 2.33. The Kier molecular flexibility index (Phi) is 4.50. The van der Waals surface area contributed by atoms with Gasteiger partial charge in [-0.2, -0.15) is 13.2 Å². The highest BCUT2D eigenvalue weighted by atomic mass is 19.4. The molecular weight excluding hydrogens is 373 g/mol. The van der Waals surface area contributed by atoms with E-state index in [-0.39, 0.29) is 17.7 Å². The number of nitrogens with zero attached hydrogens (tertiary/aromatic N) is 2. The maximum absolute atomic E-state index is 12.7. The number of amides is 1. The summed E-state index contributed by atoms with van der Waals surface area (Å²) >= 11 is 0. The molecule has 0 radical (unpaired) electrons. The molecular formula is C19H15F3N4O2. The third kappa shape index (κ3) is 3.55. The molecule has 0 saturated carbocycles. The Morgan fingerprint density at radius 3 is 2.50 bits per heavy atom. The van der Waals surface area contributed by atoms with Gasteiger partial charge in [-0.05, 0) is 42.8 Å². The number of hydrogen-bond acceptors (Lipinski definition) is 5. The number of carbonyl (C=O) groups excluding carboxylic acids is 1. The lowest BCUT2D eigenvalue weighted by molar-refractivity contribution is -0.137. The molecule has 1 aliphatic heterocycles. The fraction of sp³-hybridized carbons (Fsp3) is 0.211. The van der Waals surface area contributed by atoms with Crippen LogP contribution in [0.2, 0.25) is 0 Å². The molecule has 1 saturated heterocycles. The Hall–Kier alpha value is -3.36. The molecule has 144 valence electrons. The van der Waals surface area contributed by atoms with E-state index in [2.05, 4.69) is 20.8 Å². The zero-order valence-corrected chi connectivity index (χ0v) is 14.5. The third-order valence-electron chi connectivity index (χ3n) is 4.44. The molecule has 1 atom stereocenters. The van der Waals surface area contributed by atoms with E-state index in [9.17, 15) is 18.0 Å². The minimum atomic E-state index is -4.39. The molecule has 9 heteroatoms. The first-order valence-corrected chi connectivity index (χ1v) is 8.56. The van der Waals surface area contributed by atoms with Gasteiger partial charge in [0.1, 0.15) is 5.92 Å². The molecule has 0 aliphatic carbocycles. The summed E-state index contributed by atoms with van der Waals surface area (Å²) < 4.78 is 43.8. The summed E-state index contributed by atoms with van der Waals surface area (Å²) in [6.45, 7) is 0.563. The van der Waals surface area contributed by atoms with Gasteiger partial charge in [0.25, 0.3) is 0 Å². The van der Waals surface area contributed by atoms with Crippen LogP contribution in [0.1, 0.15) is 23.8 Å². The molecule has 1 unspecified atom stereocenters. The number of halogens is 3. The van der Waals surface area contributed by atoms with Crippen molar-refractivity contribution in [3.05, 3.63) is 60.0 Å². The van der Waals surface area contributed by atoms with Crippen LogP contribution < -0.4 is 10.6 Å². The second-order valence-corrected chi connectivity index (χ2v) is 6.32. The number of carbonyl (C=O) groups is 1. The summed E-state index contributed by atoms with van der Waals surface area (Å²) in [6, 6.07) is 11.8. The largest absolute Gasteiger partial charge is 0.420 e. The highest BCUT2D eigenvalue weighted by molar-refractivity contribution is 5.84. The molecule has 2 heterocycles. The first kappa shape index (κ1) is 18.0. The Labute approximate surface area is 157 Å². The van der Waals surface area contributed by atoms with E-state index in [4.69, 9.17) is 4.42 Å². The van der Waals surface area contributed by atoms with Crippen LogP contribution in [0, 0.1) is 0 Å². The van der Waals surface area contributed by atoms with Gasteiger partial charge in [-0.1, -0.05) is 12.1 Å². The van der Waals surface area contributed by atoms with Gasteiger partial charge in [0, 0.05) is 12.2 Å². The molecule has 28 heavy (non-hydrogen) atoms. The fourth-order valence-electron chi connectivity index (χ4n) is 2.99. The van der Waals surface area contributed by atoms with Gasteiger partial charge in [-0.25, -0.2) is 0 Å². The highest BCUT2D eigenvalue weighted by Gasteiger charge is 2.31. The topological polar surface area (TPSA) is 80.0 Å². The molecule has 1 fully saturated rings. The average molecular weight is 388 g/mol. The summed E-state index contributed by atoms with van der Waals surface area (Å²) in [5, 5.41) is 13.8. The summed E-state index contributed by atoms with van der Waals surface area (Å²) in [6.07, 6.45) is -3.80. The van der Waals surface area contributed by atoms with E-state index in [0.717, 1.165) is 12.1 Å². The standard InChI is InChI=1S/C19H15F3N4O2/c20-19(21,22)11-5-7-12(8-6-11)24-15-4-2-1-3-13(15)17-25-26-18(28-17)14-9-10-23-16(14)27/h1-8,14,24H,9-10H2,(H,23,27). The summed E-state index contributed by atoms with van der Waals surface area (Å²) in [5.74, 6) is -0.137. The number of nitrogens with one attached hydrogen (secondary N) is 2. The maximum Gasteiger partial charge on any atom is 0.416 e. The number of para-hydroxylation sites is 1. The average Bonchev–Trinajstić information content (AvgIpc) is 3.31. The third-order valence-corrected chi connectivity index (χ3v) is 4.44. The smallest absolute Gasteiger partial charge is 0.416 e. The molecule has 2 aromatic carbocycles. The van der Waals surface area contributed by atoms with Crippen LogP contribution in [-0.2, 0) is 11.0 Å². The molecule has 0 spiro atoms. The van der Waals surface area contributed by atoms with Gasteiger partial charge in [0.05, 0.1) is 16.8 Å². The molecule has 2 N–H and O–H groups in total. The van der Waals surface area contributed by atoms with Crippen molar-refractivity contribution in [2.75, 3.05) is 11.9 Å². The fourth-order valence-corrected chi connectivity index (χ4v) is 2.99. The van der Waals surface area contributed by atoms with Crippen LogP contribution >= 0.6 is 0 Å². The molecule has 1 aliphatic rings. The van der Waals surface area contributed by atoms with Gasteiger partial charge in [0.2, 0.25) is 17.7 Å². The van der Waals surface area contributed by atoms with E-state index in [1.165, 1.54) is 12.1 Å². The van der Waals surface area contributed by atoms with Crippen molar-refractivity contribution in [3.8, 4) is 11.5 Å². The van der Waals surface area contributed by atoms with Crippen molar-refractivity contribution in [1.82, 2.24) is 15.5 Å². The van der Waals surface area contributed by atoms with Crippen molar-refractivity contribution in [1.29, 1.82) is 0 Å². The lowest BCUT2D eigenvalue weighted by atomic mass is 10.1. The van der Waals surface area contributed by atoms with Crippen LogP contribution in [-0.4, -0.2) is 22.6 Å². The van der Waals surface area contributed by atoms with Crippen molar-refractivity contribution >= 4 is 17.3 Å². The van der Waals surface area contributed by atoms with Crippen LogP contribution in [0.3, 0.4) is 0 Å². The molecule has 1 aromatic heterocycles. The maximum atomic E-state index is 12.7. The molecule has 0 bridgehead atoms. The first-order valence-electron chi connectivity index (χ1n) is 8.56. The Balaban J connectivity index is 1.59. The van der Waals surface area contributed by atoms with E-state index in [1.54, 1.807) is 24.3 Å². The van der Waals surface area contributed by atoms with Crippen LogP contribution in [0.5, 0.6) is 0 Å². The Morgan fingerprint density at radius 1 is 1.07 bits per heavy atom. The molecule has 6 nitrogen and oxygen atoms in total. The summed E-state index contributed by atoms with van der Waals surface area (Å²) in [5.41, 5.74) is 0.936. The molecule has 4 rings (SSSR count). The van der Waals surface area contributed by atoms with Crippen molar-refractivity contribution in [3.63, 3.8) is 0 Å². The minimum Gasteiger partial charge on any atom is -0.420 e. The number of benzene rings is 2. The number of aromatic nitrogens is 2. The monoisotopic (exact) mass is 388 g/mol. The van der Waals surface area contributed by atoms with Gasteiger partial charge in [-0.3, -0.25) is 4.79 Å². The number of rotatable bonds is 4. The van der Waals surface area contributed by atoms with Gasteiger partial charge < -0.3 is 15.1 Å². The van der Waals surface area contributed by atoms with E-state index >= 15 is 0 Å². The quantitative estimate of drug-likeness (QED) is 0.703. The SMILES string of the molecule is O=C1NCCC1c1nnc(-c2ccccc2Nc2ccc(C(F)(F)F)cc2)o1. The zero-order valence-electron chi connectivity index (χ0n) is 14.5. The first-order chi connectivity index (χ1) is 13.4. The molecule has 1 amide bonds. The van der Waals surface area contributed by atoms with Gasteiger partial charge in [-0.15, -0.1) is 10.2 Å². The van der Waals surface area contributed by atoms with E-state index in [0.29, 0.717) is 29.9 Å². The van der Waals surface area contributed by atoms with Crippen molar-refractivity contribution in [2.45, 2.75) is 18.5 Å². The van der Waals surface area contributed by atoms with Crippen LogP contribution in [0.15, 0.2) is 52.9 Å². The zero-order chi connectivity index (χ0) is 19.7. The normalized spacial score (nSPS) is 16.8. The van der Waals surface area contributed by atoms with Crippen molar-refractivity contribution in [2.24, 2.45) is 0 Å². The number of alkyl halides is 3. The lowest BCUT2D eigenvalue weighted by Gasteiger charge is -2.11. The second kappa shape index (κ2) is 6.99.